The summed E-state index contributed by atoms with van der Waals surface area (Å²) in [5.41, 5.74) is 0. The van der Waals surface area contributed by atoms with Crippen molar-refractivity contribution in [3.05, 3.63) is 0 Å². The van der Waals surface area contributed by atoms with Crippen molar-refractivity contribution in [2.45, 2.75) is 26.7 Å². The van der Waals surface area contributed by atoms with Gasteiger partial charge in [-0.3, -0.25) is 14.5 Å². The fourth-order valence-electron chi connectivity index (χ4n) is 1.82. The number of carboxylic acid groups (broad SMARTS) is 1. The van der Waals surface area contributed by atoms with Crippen LogP contribution in [0.5, 0.6) is 0 Å². The smallest absolute Gasteiger partial charge is 0.317 e. The molecule has 6 nitrogen and oxygen atoms in total. The highest BCUT2D eigenvalue weighted by Gasteiger charge is 2.18. The van der Waals surface area contributed by atoms with Crippen LogP contribution >= 0.6 is 0 Å². The first-order valence-corrected chi connectivity index (χ1v) is 6.75. The molecule has 0 unspecified atom stereocenters. The topological polar surface area (TPSA) is 70.1 Å². The fourth-order valence-corrected chi connectivity index (χ4v) is 1.82. The molecule has 0 atom stereocenters. The quantitative estimate of drug-likeness (QED) is 0.599. The van der Waals surface area contributed by atoms with E-state index in [0.717, 1.165) is 25.9 Å². The Kier molecular flexibility index (Phi) is 10.1. The lowest BCUT2D eigenvalue weighted by molar-refractivity contribution is -0.140. The normalized spacial score (nSPS) is 10.7. The van der Waals surface area contributed by atoms with E-state index in [1.165, 1.54) is 0 Å². The van der Waals surface area contributed by atoms with Crippen LogP contribution in [-0.4, -0.2) is 73.2 Å². The first-order chi connectivity index (χ1) is 9.04. The number of carbonyl (C=O) groups excluding carboxylic acids is 1. The van der Waals surface area contributed by atoms with Crippen LogP contribution in [0.4, 0.5) is 0 Å². The number of methoxy groups -OCH3 is 1. The van der Waals surface area contributed by atoms with Gasteiger partial charge in [-0.25, -0.2) is 0 Å². The van der Waals surface area contributed by atoms with E-state index < -0.39 is 5.97 Å². The Morgan fingerprint density at radius 1 is 1.05 bits per heavy atom. The lowest BCUT2D eigenvalue weighted by Crippen LogP contribution is -2.43. The molecular weight excluding hydrogens is 248 g/mol. The predicted molar refractivity (Wildman–Crippen MR) is 73.1 cm³/mol. The zero-order valence-electron chi connectivity index (χ0n) is 12.2. The summed E-state index contributed by atoms with van der Waals surface area (Å²) in [4.78, 5) is 26.3. The molecule has 0 saturated heterocycles. The molecular formula is C13H26N2O4. The van der Waals surface area contributed by atoms with E-state index in [9.17, 15) is 9.59 Å². The molecule has 1 N–H and O–H groups in total. The Labute approximate surface area is 115 Å². The van der Waals surface area contributed by atoms with Gasteiger partial charge in [-0.2, -0.15) is 0 Å². The van der Waals surface area contributed by atoms with Crippen molar-refractivity contribution < 1.29 is 19.4 Å². The number of carboxylic acids is 1. The zero-order chi connectivity index (χ0) is 14.7. The van der Waals surface area contributed by atoms with Gasteiger partial charge in [-0.05, 0) is 12.8 Å². The average molecular weight is 274 g/mol. The Bertz CT molecular complexity index is 265. The second kappa shape index (κ2) is 10.8. The molecule has 0 aliphatic rings. The molecule has 0 bridgehead atoms. The Balaban J connectivity index is 4.42. The van der Waals surface area contributed by atoms with Crippen LogP contribution in [0.15, 0.2) is 0 Å². The first-order valence-electron chi connectivity index (χ1n) is 6.75. The van der Waals surface area contributed by atoms with E-state index in [4.69, 9.17) is 9.84 Å². The van der Waals surface area contributed by atoms with E-state index in [0.29, 0.717) is 13.2 Å². The van der Waals surface area contributed by atoms with Crippen LogP contribution in [-0.2, 0) is 14.3 Å². The van der Waals surface area contributed by atoms with Crippen molar-refractivity contribution >= 4 is 11.9 Å². The Hall–Kier alpha value is -1.14. The minimum Gasteiger partial charge on any atom is -0.480 e. The van der Waals surface area contributed by atoms with Crippen LogP contribution in [0.3, 0.4) is 0 Å². The first kappa shape index (κ1) is 17.9. The van der Waals surface area contributed by atoms with Gasteiger partial charge in [-0.1, -0.05) is 13.8 Å². The third-order valence-corrected chi connectivity index (χ3v) is 2.67. The van der Waals surface area contributed by atoms with Crippen molar-refractivity contribution in [3.8, 4) is 0 Å². The van der Waals surface area contributed by atoms with Gasteiger partial charge in [0.2, 0.25) is 5.91 Å². The largest absolute Gasteiger partial charge is 0.480 e. The molecule has 0 radical (unpaired) electrons. The van der Waals surface area contributed by atoms with Crippen molar-refractivity contribution in [2.24, 2.45) is 0 Å². The molecule has 0 aromatic carbocycles. The van der Waals surface area contributed by atoms with E-state index in [-0.39, 0.29) is 19.0 Å². The van der Waals surface area contributed by atoms with Gasteiger partial charge in [0, 0.05) is 26.7 Å². The maximum atomic E-state index is 12.1. The maximum Gasteiger partial charge on any atom is 0.317 e. The number of amides is 1. The standard InChI is InChI=1S/C13H26N2O4/c1-4-6-15(7-5-2)12(16)10-14(8-9-19-3)11-13(17)18/h4-11H2,1-3H3,(H,17,18). The molecule has 0 spiro atoms. The van der Waals surface area contributed by atoms with E-state index in [1.807, 2.05) is 13.8 Å². The van der Waals surface area contributed by atoms with Crippen LogP contribution in [0.1, 0.15) is 26.7 Å². The third-order valence-electron chi connectivity index (χ3n) is 2.67. The summed E-state index contributed by atoms with van der Waals surface area (Å²) in [5.74, 6) is -0.942. The summed E-state index contributed by atoms with van der Waals surface area (Å²) >= 11 is 0. The van der Waals surface area contributed by atoms with Crippen LogP contribution in [0, 0.1) is 0 Å². The molecule has 0 aliphatic carbocycles. The molecule has 0 fully saturated rings. The van der Waals surface area contributed by atoms with E-state index >= 15 is 0 Å². The minimum absolute atomic E-state index is 0.0129. The third kappa shape index (κ3) is 8.56. The molecule has 19 heavy (non-hydrogen) atoms. The molecule has 0 heterocycles. The Morgan fingerprint density at radius 3 is 2.05 bits per heavy atom. The van der Waals surface area contributed by atoms with Gasteiger partial charge in [0.25, 0.3) is 0 Å². The molecule has 112 valence electrons. The number of carbonyl (C=O) groups is 2. The average Bonchev–Trinajstić information content (AvgIpc) is 2.35. The monoisotopic (exact) mass is 274 g/mol. The summed E-state index contributed by atoms with van der Waals surface area (Å²) in [6.07, 6.45) is 1.81. The van der Waals surface area contributed by atoms with Gasteiger partial charge in [-0.15, -0.1) is 0 Å². The lowest BCUT2D eigenvalue weighted by Gasteiger charge is -2.26. The number of hydrogen-bond donors (Lipinski definition) is 1. The predicted octanol–water partition coefficient (Wildman–Crippen LogP) is 0.668. The number of aliphatic carboxylic acids is 1. The van der Waals surface area contributed by atoms with Crippen molar-refractivity contribution in [1.82, 2.24) is 9.80 Å². The van der Waals surface area contributed by atoms with Crippen molar-refractivity contribution in [1.29, 1.82) is 0 Å². The molecule has 0 aromatic rings. The van der Waals surface area contributed by atoms with E-state index in [2.05, 4.69) is 0 Å². The van der Waals surface area contributed by atoms with Gasteiger partial charge in [0.15, 0.2) is 0 Å². The SMILES string of the molecule is CCCN(CCC)C(=O)CN(CCOC)CC(=O)O. The molecule has 0 aromatic heterocycles. The minimum atomic E-state index is -0.929. The highest BCUT2D eigenvalue weighted by Crippen LogP contribution is 1.99. The second-order valence-corrected chi connectivity index (χ2v) is 4.48. The molecule has 1 amide bonds. The summed E-state index contributed by atoms with van der Waals surface area (Å²) < 4.78 is 4.93. The number of hydrogen-bond acceptors (Lipinski definition) is 4. The molecule has 0 saturated carbocycles. The maximum absolute atomic E-state index is 12.1. The van der Waals surface area contributed by atoms with Crippen LogP contribution in [0.2, 0.25) is 0 Å². The van der Waals surface area contributed by atoms with Gasteiger partial charge >= 0.3 is 5.97 Å². The van der Waals surface area contributed by atoms with E-state index in [1.54, 1.807) is 16.9 Å². The lowest BCUT2D eigenvalue weighted by atomic mass is 10.3. The summed E-state index contributed by atoms with van der Waals surface area (Å²) in [7, 11) is 1.56. The molecule has 0 aliphatic heterocycles. The Morgan fingerprint density at radius 2 is 1.63 bits per heavy atom. The summed E-state index contributed by atoms with van der Waals surface area (Å²) in [6, 6.07) is 0. The second-order valence-electron chi connectivity index (χ2n) is 4.48. The van der Waals surface area contributed by atoms with Crippen molar-refractivity contribution in [3.63, 3.8) is 0 Å². The number of rotatable bonds is 11. The van der Waals surface area contributed by atoms with Crippen molar-refractivity contribution in [2.75, 3.05) is 46.4 Å². The van der Waals surface area contributed by atoms with Crippen LogP contribution in [0.25, 0.3) is 0 Å². The highest BCUT2D eigenvalue weighted by molar-refractivity contribution is 5.79. The summed E-state index contributed by atoms with van der Waals surface area (Å²) in [5, 5.41) is 8.83. The van der Waals surface area contributed by atoms with Gasteiger partial charge in [0.05, 0.1) is 19.7 Å². The van der Waals surface area contributed by atoms with Gasteiger partial charge < -0.3 is 14.7 Å². The van der Waals surface area contributed by atoms with Gasteiger partial charge in [0.1, 0.15) is 0 Å². The highest BCUT2D eigenvalue weighted by atomic mass is 16.5. The zero-order valence-corrected chi connectivity index (χ0v) is 12.2. The number of nitrogens with zero attached hydrogens (tertiary/aromatic N) is 2. The fraction of sp³-hybridized carbons (Fsp3) is 0.846. The van der Waals surface area contributed by atoms with Crippen LogP contribution < -0.4 is 0 Å². The molecule has 6 heteroatoms. The number of ether oxygens (including phenoxy) is 1. The summed E-state index contributed by atoms with van der Waals surface area (Å²) in [6.45, 7) is 6.35. The molecule has 0 rings (SSSR count).